The number of nitrogens with zero attached hydrogens (tertiary/aromatic N) is 1. The van der Waals surface area contributed by atoms with Crippen molar-refractivity contribution in [3.05, 3.63) is 99.0 Å². The first-order valence-corrected chi connectivity index (χ1v) is 15.3. The van der Waals surface area contributed by atoms with Gasteiger partial charge >= 0.3 is 0 Å². The van der Waals surface area contributed by atoms with Gasteiger partial charge in [-0.3, -0.25) is 9.59 Å². The summed E-state index contributed by atoms with van der Waals surface area (Å²) in [4.78, 5) is 29.4. The third-order valence-electron chi connectivity index (χ3n) is 7.49. The number of hydrogen-bond donors (Lipinski definition) is 1. The number of halogens is 2. The Labute approximate surface area is 251 Å². The summed E-state index contributed by atoms with van der Waals surface area (Å²) in [7, 11) is 0. The summed E-state index contributed by atoms with van der Waals surface area (Å²) in [5.41, 5.74) is 2.94. The summed E-state index contributed by atoms with van der Waals surface area (Å²) in [5.74, 6) is 0.541. The molecule has 7 heteroatoms. The first kappa shape index (κ1) is 30.1. The van der Waals surface area contributed by atoms with E-state index in [0.717, 1.165) is 41.3 Å². The Morgan fingerprint density at radius 1 is 1.00 bits per heavy atom. The van der Waals surface area contributed by atoms with Gasteiger partial charge in [0, 0.05) is 24.0 Å². The topological polar surface area (TPSA) is 58.6 Å². The van der Waals surface area contributed by atoms with Gasteiger partial charge in [-0.25, -0.2) is 0 Å². The van der Waals surface area contributed by atoms with Gasteiger partial charge in [0.2, 0.25) is 5.91 Å². The third kappa shape index (κ3) is 8.34. The van der Waals surface area contributed by atoms with E-state index in [1.54, 1.807) is 11.0 Å². The first-order valence-electron chi connectivity index (χ1n) is 14.1. The average molecular weight is 626 g/mol. The molecule has 0 aliphatic heterocycles. The molecule has 0 unspecified atom stereocenters. The van der Waals surface area contributed by atoms with Gasteiger partial charge in [-0.1, -0.05) is 99.3 Å². The monoisotopic (exact) mass is 624 g/mol. The first-order chi connectivity index (χ1) is 19.3. The van der Waals surface area contributed by atoms with Gasteiger partial charge in [0.1, 0.15) is 11.8 Å². The van der Waals surface area contributed by atoms with Crippen LogP contribution in [0.25, 0.3) is 0 Å². The summed E-state index contributed by atoms with van der Waals surface area (Å²) in [6.45, 7) is 4.25. The van der Waals surface area contributed by atoms with Crippen molar-refractivity contribution in [1.82, 2.24) is 10.2 Å². The fourth-order valence-corrected chi connectivity index (χ4v) is 5.83. The van der Waals surface area contributed by atoms with Crippen LogP contribution in [0, 0.1) is 0 Å². The molecule has 0 heterocycles. The zero-order chi connectivity index (χ0) is 28.5. The van der Waals surface area contributed by atoms with Gasteiger partial charge in [0.05, 0.1) is 4.47 Å². The van der Waals surface area contributed by atoms with E-state index in [1.807, 2.05) is 66.7 Å². The van der Waals surface area contributed by atoms with Crippen LogP contribution >= 0.6 is 27.5 Å². The summed E-state index contributed by atoms with van der Waals surface area (Å²) in [5, 5.41) is 3.82. The number of ether oxygens (including phenoxy) is 1. The molecule has 1 saturated carbocycles. The standard InChI is InChI=1S/C33H38BrClN2O3/c1-23(2)25-17-18-31(28(34)20-25)40-22-32(38)37(21-26-13-9-10-16-29(26)35)30(19-24-11-5-3-6-12-24)33(39)36-27-14-7-4-8-15-27/h3,5-6,9-13,16-18,20,23,27,30H,4,7-8,14-15,19,21-22H2,1-2H3,(H,36,39)/t30-/m0/s1. The van der Waals surface area contributed by atoms with Crippen molar-refractivity contribution < 1.29 is 14.3 Å². The summed E-state index contributed by atoms with van der Waals surface area (Å²) in [6, 6.07) is 22.6. The van der Waals surface area contributed by atoms with Crippen LogP contribution in [0.15, 0.2) is 77.3 Å². The minimum atomic E-state index is -0.719. The number of rotatable bonds is 11. The second-order valence-electron chi connectivity index (χ2n) is 10.8. The number of carbonyl (C=O) groups excluding carboxylic acids is 2. The van der Waals surface area contributed by atoms with Crippen LogP contribution < -0.4 is 10.1 Å². The van der Waals surface area contributed by atoms with E-state index in [1.165, 1.54) is 12.0 Å². The van der Waals surface area contributed by atoms with Crippen molar-refractivity contribution in [3.8, 4) is 5.75 Å². The minimum absolute atomic E-state index is 0.128. The minimum Gasteiger partial charge on any atom is -0.483 e. The Balaban J connectivity index is 1.62. The van der Waals surface area contributed by atoms with Crippen LogP contribution in [0.2, 0.25) is 5.02 Å². The van der Waals surface area contributed by atoms with Crippen molar-refractivity contribution in [2.45, 2.75) is 76.9 Å². The Hall–Kier alpha value is -2.83. The number of nitrogens with one attached hydrogen (secondary N) is 1. The molecule has 0 saturated heterocycles. The van der Waals surface area contributed by atoms with Crippen LogP contribution in [0.3, 0.4) is 0 Å². The lowest BCUT2D eigenvalue weighted by atomic mass is 9.94. The highest BCUT2D eigenvalue weighted by Crippen LogP contribution is 2.29. The molecule has 2 amide bonds. The molecule has 40 heavy (non-hydrogen) atoms. The smallest absolute Gasteiger partial charge is 0.261 e. The summed E-state index contributed by atoms with van der Waals surface area (Å²) in [6.07, 6.45) is 5.73. The highest BCUT2D eigenvalue weighted by Gasteiger charge is 2.32. The molecule has 1 N–H and O–H groups in total. The molecule has 212 valence electrons. The normalized spacial score (nSPS) is 14.5. The fraction of sp³-hybridized carbons (Fsp3) is 0.394. The van der Waals surface area contributed by atoms with Crippen molar-refractivity contribution in [1.29, 1.82) is 0 Å². The Morgan fingerprint density at radius 2 is 1.70 bits per heavy atom. The Bertz CT molecular complexity index is 1280. The van der Waals surface area contributed by atoms with Crippen LogP contribution in [-0.4, -0.2) is 35.4 Å². The molecule has 1 aliphatic rings. The molecule has 4 rings (SSSR count). The molecule has 0 radical (unpaired) electrons. The fourth-order valence-electron chi connectivity index (χ4n) is 5.12. The predicted molar refractivity (Wildman–Crippen MR) is 165 cm³/mol. The second-order valence-corrected chi connectivity index (χ2v) is 12.1. The van der Waals surface area contributed by atoms with Gasteiger partial charge < -0.3 is 15.0 Å². The zero-order valence-electron chi connectivity index (χ0n) is 23.2. The molecular weight excluding hydrogens is 588 g/mol. The quantitative estimate of drug-likeness (QED) is 0.238. The van der Waals surface area contributed by atoms with Crippen LogP contribution in [0.4, 0.5) is 0 Å². The highest BCUT2D eigenvalue weighted by molar-refractivity contribution is 9.10. The highest BCUT2D eigenvalue weighted by atomic mass is 79.9. The van der Waals surface area contributed by atoms with Gasteiger partial charge in [0.25, 0.3) is 5.91 Å². The maximum Gasteiger partial charge on any atom is 0.261 e. The van der Waals surface area contributed by atoms with Gasteiger partial charge in [-0.2, -0.15) is 0 Å². The van der Waals surface area contributed by atoms with E-state index in [9.17, 15) is 9.59 Å². The predicted octanol–water partition coefficient (Wildman–Crippen LogP) is 7.69. The maximum atomic E-state index is 13.9. The van der Waals surface area contributed by atoms with Gasteiger partial charge in [-0.05, 0) is 69.6 Å². The molecule has 3 aromatic carbocycles. The van der Waals surface area contributed by atoms with E-state index in [-0.39, 0.29) is 31.0 Å². The van der Waals surface area contributed by atoms with E-state index >= 15 is 0 Å². The van der Waals surface area contributed by atoms with E-state index in [2.05, 4.69) is 35.1 Å². The van der Waals surface area contributed by atoms with E-state index in [0.29, 0.717) is 23.1 Å². The number of amides is 2. The Morgan fingerprint density at radius 3 is 2.38 bits per heavy atom. The van der Waals surface area contributed by atoms with Crippen LogP contribution in [0.5, 0.6) is 5.75 Å². The SMILES string of the molecule is CC(C)c1ccc(OCC(=O)N(Cc2ccccc2Cl)[C@@H](Cc2ccccc2)C(=O)NC2CCCCC2)c(Br)c1. The lowest BCUT2D eigenvalue weighted by Gasteiger charge is -2.33. The second kappa shape index (κ2) is 14.7. The zero-order valence-corrected chi connectivity index (χ0v) is 25.6. The average Bonchev–Trinajstić information content (AvgIpc) is 2.96. The summed E-state index contributed by atoms with van der Waals surface area (Å²) >= 11 is 10.1. The molecule has 1 fully saturated rings. The number of hydrogen-bond acceptors (Lipinski definition) is 3. The maximum absolute atomic E-state index is 13.9. The largest absolute Gasteiger partial charge is 0.483 e. The lowest BCUT2D eigenvalue weighted by Crippen LogP contribution is -2.53. The van der Waals surface area contributed by atoms with Crippen molar-refractivity contribution in [3.63, 3.8) is 0 Å². The molecule has 3 aromatic rings. The van der Waals surface area contributed by atoms with Gasteiger partial charge in [-0.15, -0.1) is 0 Å². The van der Waals surface area contributed by atoms with Crippen molar-refractivity contribution >= 4 is 39.3 Å². The molecule has 1 aliphatic carbocycles. The van der Waals surface area contributed by atoms with Crippen molar-refractivity contribution in [2.75, 3.05) is 6.61 Å². The lowest BCUT2D eigenvalue weighted by molar-refractivity contribution is -0.143. The third-order valence-corrected chi connectivity index (χ3v) is 8.48. The summed E-state index contributed by atoms with van der Waals surface area (Å²) < 4.78 is 6.80. The van der Waals surface area contributed by atoms with Crippen molar-refractivity contribution in [2.24, 2.45) is 0 Å². The molecule has 0 aromatic heterocycles. The van der Waals surface area contributed by atoms with Gasteiger partial charge in [0.15, 0.2) is 6.61 Å². The number of benzene rings is 3. The van der Waals surface area contributed by atoms with E-state index in [4.69, 9.17) is 16.3 Å². The molecule has 1 atom stereocenters. The molecular formula is C33H38BrClN2O3. The Kier molecular flexibility index (Phi) is 11.1. The van der Waals surface area contributed by atoms with Crippen LogP contribution in [-0.2, 0) is 22.6 Å². The molecule has 5 nitrogen and oxygen atoms in total. The van der Waals surface area contributed by atoms with E-state index < -0.39 is 6.04 Å². The molecule has 0 spiro atoms. The van der Waals surface area contributed by atoms with Crippen LogP contribution in [0.1, 0.15) is 68.6 Å². The number of carbonyl (C=O) groups is 2. The molecule has 0 bridgehead atoms.